The van der Waals surface area contributed by atoms with Crippen molar-refractivity contribution in [1.82, 2.24) is 24.8 Å². The van der Waals surface area contributed by atoms with Gasteiger partial charge in [0.05, 0.1) is 5.25 Å². The Kier molecular flexibility index (Phi) is 7.44. The standard InChI is InChI=1S/C24H29N5O2S/c1-18-4-2-5-20(27-18)6-3-13-28-14-16-29(17-15-28)24(30)31-21-9-7-19(8-10-21)22(32)23-25-11-12-26-23/h2,4-5,7-12,22,32H,3,6,13-17H2,1H3,(H,25,26). The van der Waals surface area contributed by atoms with E-state index in [2.05, 4.69) is 44.6 Å². The SMILES string of the molecule is Cc1cccc(CCCN2CCN(C(=O)Oc3ccc(C(S)c4ncc[nH]4)cc3)CC2)n1. The second-order valence-corrected chi connectivity index (χ2v) is 8.53. The molecule has 8 heteroatoms. The Morgan fingerprint density at radius 1 is 1.16 bits per heavy atom. The fourth-order valence-corrected chi connectivity index (χ4v) is 4.16. The van der Waals surface area contributed by atoms with Crippen LogP contribution in [0, 0.1) is 6.92 Å². The summed E-state index contributed by atoms with van der Waals surface area (Å²) in [4.78, 5) is 28.6. The van der Waals surface area contributed by atoms with Gasteiger partial charge in [-0.05, 0) is 56.1 Å². The third kappa shape index (κ3) is 5.89. The highest BCUT2D eigenvalue weighted by Gasteiger charge is 2.22. The van der Waals surface area contributed by atoms with Gasteiger partial charge in [0.2, 0.25) is 0 Å². The molecule has 0 radical (unpaired) electrons. The van der Waals surface area contributed by atoms with E-state index in [-0.39, 0.29) is 11.3 Å². The van der Waals surface area contributed by atoms with Gasteiger partial charge in [-0.15, -0.1) is 0 Å². The number of H-pyrrole nitrogens is 1. The normalized spacial score (nSPS) is 15.5. The minimum Gasteiger partial charge on any atom is -0.410 e. The number of aromatic amines is 1. The number of piperazine rings is 1. The van der Waals surface area contributed by atoms with Crippen LogP contribution < -0.4 is 4.74 Å². The molecule has 0 saturated carbocycles. The number of nitrogens with one attached hydrogen (secondary N) is 1. The quantitative estimate of drug-likeness (QED) is 0.533. The minimum absolute atomic E-state index is 0.149. The fourth-order valence-electron chi connectivity index (χ4n) is 3.84. The average molecular weight is 452 g/mol. The van der Waals surface area contributed by atoms with Gasteiger partial charge in [-0.2, -0.15) is 12.6 Å². The Hall–Kier alpha value is -2.84. The van der Waals surface area contributed by atoms with Crippen LogP contribution in [0.2, 0.25) is 0 Å². The van der Waals surface area contributed by atoms with Gasteiger partial charge in [-0.25, -0.2) is 9.78 Å². The van der Waals surface area contributed by atoms with Crippen molar-refractivity contribution >= 4 is 18.7 Å². The van der Waals surface area contributed by atoms with E-state index in [0.717, 1.165) is 55.3 Å². The number of amides is 1. The van der Waals surface area contributed by atoms with Crippen molar-refractivity contribution in [1.29, 1.82) is 0 Å². The molecule has 0 spiro atoms. The average Bonchev–Trinajstić information content (AvgIpc) is 3.35. The van der Waals surface area contributed by atoms with Crippen LogP contribution in [0.4, 0.5) is 4.79 Å². The summed E-state index contributed by atoms with van der Waals surface area (Å²) in [7, 11) is 0. The number of hydrogen-bond acceptors (Lipinski definition) is 6. The lowest BCUT2D eigenvalue weighted by atomic mass is 10.1. The number of nitrogens with zero attached hydrogens (tertiary/aromatic N) is 4. The molecule has 1 N–H and O–H groups in total. The largest absolute Gasteiger partial charge is 0.415 e. The molecule has 0 bridgehead atoms. The van der Waals surface area contributed by atoms with E-state index in [1.165, 1.54) is 0 Å². The Morgan fingerprint density at radius 2 is 1.94 bits per heavy atom. The summed E-state index contributed by atoms with van der Waals surface area (Å²) in [5.41, 5.74) is 3.19. The molecule has 1 fully saturated rings. The van der Waals surface area contributed by atoms with Crippen molar-refractivity contribution in [2.24, 2.45) is 0 Å². The number of carbonyl (C=O) groups is 1. The fraction of sp³-hybridized carbons (Fsp3) is 0.375. The molecule has 3 aromatic rings. The number of pyridine rings is 1. The van der Waals surface area contributed by atoms with E-state index in [9.17, 15) is 4.79 Å². The predicted octanol–water partition coefficient (Wildman–Crippen LogP) is 3.88. The summed E-state index contributed by atoms with van der Waals surface area (Å²) in [5, 5.41) is -0.149. The number of ether oxygens (including phenoxy) is 1. The number of aromatic nitrogens is 3. The van der Waals surface area contributed by atoms with Gasteiger partial charge in [0, 0.05) is 50.0 Å². The van der Waals surface area contributed by atoms with Gasteiger partial charge in [0.25, 0.3) is 0 Å². The molecule has 1 saturated heterocycles. The third-order valence-electron chi connectivity index (χ3n) is 5.66. The summed E-state index contributed by atoms with van der Waals surface area (Å²) in [5.74, 6) is 1.32. The van der Waals surface area contributed by atoms with Gasteiger partial charge < -0.3 is 14.6 Å². The highest BCUT2D eigenvalue weighted by atomic mass is 32.1. The van der Waals surface area contributed by atoms with E-state index in [0.29, 0.717) is 18.8 Å². The van der Waals surface area contributed by atoms with Crippen molar-refractivity contribution in [2.75, 3.05) is 32.7 Å². The third-order valence-corrected chi connectivity index (χ3v) is 6.21. The second kappa shape index (κ2) is 10.7. The van der Waals surface area contributed by atoms with Crippen LogP contribution in [-0.2, 0) is 6.42 Å². The van der Waals surface area contributed by atoms with Gasteiger partial charge in [0.1, 0.15) is 11.6 Å². The first-order chi connectivity index (χ1) is 15.6. The van der Waals surface area contributed by atoms with Crippen LogP contribution in [0.3, 0.4) is 0 Å². The van der Waals surface area contributed by atoms with Crippen molar-refractivity contribution in [3.8, 4) is 5.75 Å². The number of thiol groups is 1. The highest BCUT2D eigenvalue weighted by molar-refractivity contribution is 7.80. The number of benzene rings is 1. The molecule has 1 aliphatic rings. The monoisotopic (exact) mass is 451 g/mol. The zero-order chi connectivity index (χ0) is 22.3. The molecule has 3 heterocycles. The molecule has 2 aromatic heterocycles. The second-order valence-electron chi connectivity index (χ2n) is 8.02. The maximum absolute atomic E-state index is 12.6. The first-order valence-corrected chi connectivity index (χ1v) is 11.5. The van der Waals surface area contributed by atoms with Crippen molar-refractivity contribution in [3.05, 3.63) is 77.6 Å². The molecule has 1 atom stereocenters. The molecule has 1 amide bonds. The first kappa shape index (κ1) is 22.4. The summed E-state index contributed by atoms with van der Waals surface area (Å²) < 4.78 is 5.58. The minimum atomic E-state index is -0.296. The highest BCUT2D eigenvalue weighted by Crippen LogP contribution is 2.27. The molecule has 7 nitrogen and oxygen atoms in total. The Labute approximate surface area is 194 Å². The number of hydrogen-bond donors (Lipinski definition) is 2. The number of aryl methyl sites for hydroxylation is 2. The number of imidazole rings is 1. The van der Waals surface area contributed by atoms with Gasteiger partial charge in [0.15, 0.2) is 0 Å². The molecule has 1 aromatic carbocycles. The van der Waals surface area contributed by atoms with Gasteiger partial charge in [-0.3, -0.25) is 9.88 Å². The van der Waals surface area contributed by atoms with E-state index in [1.807, 2.05) is 25.1 Å². The van der Waals surface area contributed by atoms with Crippen molar-refractivity contribution in [3.63, 3.8) is 0 Å². The lowest BCUT2D eigenvalue weighted by molar-refractivity contribution is 0.110. The Morgan fingerprint density at radius 3 is 2.62 bits per heavy atom. The van der Waals surface area contributed by atoms with E-state index < -0.39 is 0 Å². The van der Waals surface area contributed by atoms with Crippen LogP contribution in [0.15, 0.2) is 54.9 Å². The Balaban J connectivity index is 1.20. The first-order valence-electron chi connectivity index (χ1n) is 11.0. The molecule has 32 heavy (non-hydrogen) atoms. The molecule has 4 rings (SSSR count). The molecule has 0 aliphatic carbocycles. The zero-order valence-corrected chi connectivity index (χ0v) is 19.2. The van der Waals surface area contributed by atoms with Gasteiger partial charge in [-0.1, -0.05) is 18.2 Å². The maximum Gasteiger partial charge on any atom is 0.415 e. The molecular weight excluding hydrogens is 422 g/mol. The Bertz CT molecular complexity index is 1000. The maximum atomic E-state index is 12.6. The van der Waals surface area contributed by atoms with Crippen LogP contribution in [-0.4, -0.2) is 63.6 Å². The van der Waals surface area contributed by atoms with Crippen molar-refractivity contribution in [2.45, 2.75) is 25.0 Å². The predicted molar refractivity (Wildman–Crippen MR) is 127 cm³/mol. The van der Waals surface area contributed by atoms with Crippen LogP contribution in [0.1, 0.15) is 34.4 Å². The van der Waals surface area contributed by atoms with Crippen molar-refractivity contribution < 1.29 is 9.53 Å². The number of carbonyl (C=O) groups excluding carboxylic acids is 1. The van der Waals surface area contributed by atoms with Gasteiger partial charge >= 0.3 is 6.09 Å². The van der Waals surface area contributed by atoms with E-state index in [1.54, 1.807) is 29.4 Å². The zero-order valence-electron chi connectivity index (χ0n) is 18.3. The summed E-state index contributed by atoms with van der Waals surface area (Å²) in [6.45, 7) is 6.11. The topological polar surface area (TPSA) is 74.3 Å². The van der Waals surface area contributed by atoms with E-state index >= 15 is 0 Å². The smallest absolute Gasteiger partial charge is 0.410 e. The summed E-state index contributed by atoms with van der Waals surface area (Å²) >= 11 is 4.60. The molecule has 168 valence electrons. The molecule has 1 unspecified atom stereocenters. The van der Waals surface area contributed by atoms with Crippen LogP contribution in [0.5, 0.6) is 5.75 Å². The lowest BCUT2D eigenvalue weighted by Gasteiger charge is -2.34. The summed E-state index contributed by atoms with van der Waals surface area (Å²) in [6.07, 6.45) is 5.23. The molecular formula is C24H29N5O2S. The van der Waals surface area contributed by atoms with E-state index in [4.69, 9.17) is 4.74 Å². The van der Waals surface area contributed by atoms with Crippen LogP contribution in [0.25, 0.3) is 0 Å². The number of rotatable bonds is 7. The lowest BCUT2D eigenvalue weighted by Crippen LogP contribution is -2.49. The summed E-state index contributed by atoms with van der Waals surface area (Å²) in [6, 6.07) is 13.6. The molecule has 1 aliphatic heterocycles. The van der Waals surface area contributed by atoms with Crippen LogP contribution >= 0.6 is 12.6 Å².